The van der Waals surface area contributed by atoms with Gasteiger partial charge in [-0.25, -0.2) is 0 Å². The van der Waals surface area contributed by atoms with Gasteiger partial charge >= 0.3 is 11.9 Å². The molecule has 0 bridgehead atoms. The van der Waals surface area contributed by atoms with E-state index >= 15 is 0 Å². The minimum atomic E-state index is -1.48. The summed E-state index contributed by atoms with van der Waals surface area (Å²) in [4.78, 5) is 24.6. The summed E-state index contributed by atoms with van der Waals surface area (Å²) in [5.74, 6) is -3.78. The van der Waals surface area contributed by atoms with E-state index in [9.17, 15) is 14.7 Å². The van der Waals surface area contributed by atoms with Crippen molar-refractivity contribution in [2.45, 2.75) is 18.4 Å². The summed E-state index contributed by atoms with van der Waals surface area (Å²) < 4.78 is 5.52. The number of benzene rings is 3. The van der Waals surface area contributed by atoms with Crippen molar-refractivity contribution in [3.8, 4) is 11.1 Å². The number of fused-ring (bicyclic) bond motifs is 3. The number of nitrogens with two attached hydrogens (primary N) is 1. The van der Waals surface area contributed by atoms with E-state index in [2.05, 4.69) is 0 Å². The molecule has 4 rings (SSSR count). The van der Waals surface area contributed by atoms with Crippen molar-refractivity contribution < 1.29 is 19.4 Å². The van der Waals surface area contributed by atoms with E-state index in [4.69, 9.17) is 22.1 Å². The average Bonchev–Trinajstić information content (AvgIpc) is 3.07. The molecule has 3 N–H and O–H groups in total. The summed E-state index contributed by atoms with van der Waals surface area (Å²) in [7, 11) is 0. The quantitative estimate of drug-likeness (QED) is 0.427. The van der Waals surface area contributed by atoms with E-state index in [0.717, 1.165) is 22.3 Å². The van der Waals surface area contributed by atoms with Gasteiger partial charge in [0.1, 0.15) is 6.61 Å². The summed E-state index contributed by atoms with van der Waals surface area (Å²) >= 11 is 6.16. The number of hydrogen-bond donors (Lipinski definition) is 2. The number of carboxylic acid groups (broad SMARTS) is 1. The number of ether oxygens (including phenoxy) is 1. The lowest BCUT2D eigenvalue weighted by Crippen LogP contribution is -2.43. The first-order valence-corrected chi connectivity index (χ1v) is 10.4. The number of carbonyl (C=O) groups excluding carboxylic acids is 1. The Morgan fingerprint density at radius 1 is 0.935 bits per heavy atom. The molecular formula is C25H22ClNO4. The van der Waals surface area contributed by atoms with Crippen molar-refractivity contribution in [3.05, 3.63) is 94.5 Å². The molecule has 0 aromatic heterocycles. The smallest absolute Gasteiger partial charge is 0.321 e. The molecule has 1 unspecified atom stereocenters. The van der Waals surface area contributed by atoms with Crippen molar-refractivity contribution in [1.29, 1.82) is 0 Å². The number of carbonyl (C=O) groups is 2. The van der Waals surface area contributed by atoms with Crippen LogP contribution in [0.3, 0.4) is 0 Å². The highest BCUT2D eigenvalue weighted by Crippen LogP contribution is 2.44. The zero-order chi connectivity index (χ0) is 22.0. The monoisotopic (exact) mass is 435 g/mol. The van der Waals surface area contributed by atoms with Crippen molar-refractivity contribution in [2.24, 2.45) is 11.7 Å². The number of hydrogen-bond acceptors (Lipinski definition) is 4. The van der Waals surface area contributed by atoms with Gasteiger partial charge in [-0.3, -0.25) is 9.59 Å². The Morgan fingerprint density at radius 2 is 1.48 bits per heavy atom. The van der Waals surface area contributed by atoms with Gasteiger partial charge in [0.05, 0.1) is 0 Å². The third kappa shape index (κ3) is 4.20. The van der Waals surface area contributed by atoms with Gasteiger partial charge in [0.15, 0.2) is 5.92 Å². The second kappa shape index (κ2) is 8.92. The average molecular weight is 436 g/mol. The van der Waals surface area contributed by atoms with Gasteiger partial charge in [-0.15, -0.1) is 0 Å². The first-order valence-electron chi connectivity index (χ1n) is 10.0. The Bertz CT molecular complexity index is 1080. The fourth-order valence-electron chi connectivity index (χ4n) is 4.19. The van der Waals surface area contributed by atoms with Gasteiger partial charge < -0.3 is 15.6 Å². The number of esters is 1. The highest BCUT2D eigenvalue weighted by molar-refractivity contribution is 6.31. The van der Waals surface area contributed by atoms with Crippen molar-refractivity contribution in [1.82, 2.24) is 0 Å². The van der Waals surface area contributed by atoms with Crippen LogP contribution in [0.25, 0.3) is 11.1 Å². The molecule has 0 radical (unpaired) electrons. The summed E-state index contributed by atoms with van der Waals surface area (Å²) in [5, 5.41) is 10.1. The van der Waals surface area contributed by atoms with Crippen LogP contribution in [-0.4, -0.2) is 29.7 Å². The maximum atomic E-state index is 12.8. The molecule has 3 aromatic rings. The Kier molecular flexibility index (Phi) is 6.07. The zero-order valence-electron chi connectivity index (χ0n) is 16.7. The Morgan fingerprint density at radius 3 is 2.06 bits per heavy atom. The predicted octanol–water partition coefficient (Wildman–Crippen LogP) is 4.27. The summed E-state index contributed by atoms with van der Waals surface area (Å²) in [5.41, 5.74) is 11.1. The molecule has 1 aliphatic rings. The number of aliphatic carboxylic acids is 1. The maximum Gasteiger partial charge on any atom is 0.321 e. The highest BCUT2D eigenvalue weighted by Gasteiger charge is 2.36. The molecule has 6 heteroatoms. The van der Waals surface area contributed by atoms with Crippen LogP contribution in [0.1, 0.15) is 22.6 Å². The van der Waals surface area contributed by atoms with E-state index in [-0.39, 0.29) is 18.9 Å². The summed E-state index contributed by atoms with van der Waals surface area (Å²) in [6, 6.07) is 22.0. The third-order valence-electron chi connectivity index (χ3n) is 5.72. The van der Waals surface area contributed by atoms with E-state index in [1.807, 2.05) is 48.5 Å². The summed E-state index contributed by atoms with van der Waals surface area (Å²) in [6.45, 7) is 0.0510. The van der Waals surface area contributed by atoms with Crippen LogP contribution < -0.4 is 5.73 Å². The molecule has 2 atom stereocenters. The van der Waals surface area contributed by atoms with Gasteiger partial charge in [0.2, 0.25) is 0 Å². The molecule has 0 heterocycles. The van der Waals surface area contributed by atoms with Gasteiger partial charge in [-0.2, -0.15) is 0 Å². The van der Waals surface area contributed by atoms with E-state index in [1.165, 1.54) is 0 Å². The van der Waals surface area contributed by atoms with E-state index < -0.39 is 23.9 Å². The summed E-state index contributed by atoms with van der Waals surface area (Å²) in [6.07, 6.45) is 0.154. The van der Waals surface area contributed by atoms with Gasteiger partial charge in [-0.1, -0.05) is 78.3 Å². The Labute approximate surface area is 185 Å². The largest absolute Gasteiger partial charge is 0.481 e. The number of carboxylic acids is 1. The van der Waals surface area contributed by atoms with Gasteiger partial charge in [0, 0.05) is 17.0 Å². The van der Waals surface area contributed by atoms with E-state index in [0.29, 0.717) is 10.6 Å². The molecule has 0 amide bonds. The number of rotatable bonds is 7. The van der Waals surface area contributed by atoms with Crippen molar-refractivity contribution in [2.75, 3.05) is 6.61 Å². The van der Waals surface area contributed by atoms with Crippen molar-refractivity contribution >= 4 is 23.5 Å². The lowest BCUT2D eigenvalue weighted by atomic mass is 9.94. The Balaban J connectivity index is 1.50. The van der Waals surface area contributed by atoms with Gasteiger partial charge in [-0.05, 0) is 40.3 Å². The predicted molar refractivity (Wildman–Crippen MR) is 119 cm³/mol. The molecule has 1 aliphatic carbocycles. The van der Waals surface area contributed by atoms with Crippen LogP contribution in [0.2, 0.25) is 5.02 Å². The molecule has 5 nitrogen and oxygen atoms in total. The highest BCUT2D eigenvalue weighted by atomic mass is 35.5. The molecule has 0 aliphatic heterocycles. The first kappa shape index (κ1) is 21.1. The molecule has 0 saturated carbocycles. The standard InChI is InChI=1S/C25H22ClNO4/c26-21-12-6-1-7-15(21)13-22(27)23(24(28)29)25(30)31-14-20-18-10-4-2-8-16(18)17-9-3-5-11-19(17)20/h1-12,20,22-23H,13-14,27H2,(H,28,29)/t22?,23-/m0/s1. The second-order valence-corrected chi connectivity index (χ2v) is 8.04. The second-order valence-electron chi connectivity index (χ2n) is 7.63. The van der Waals surface area contributed by atoms with Crippen LogP contribution in [0.5, 0.6) is 0 Å². The normalized spacial score (nSPS) is 14.4. The SMILES string of the molecule is NC(Cc1ccccc1Cl)[C@@H](C(=O)O)C(=O)OCC1c2ccccc2-c2ccccc21. The molecule has 3 aromatic carbocycles. The lowest BCUT2D eigenvalue weighted by Gasteiger charge is -2.21. The topological polar surface area (TPSA) is 89.6 Å². The fourth-order valence-corrected chi connectivity index (χ4v) is 4.40. The van der Waals surface area contributed by atoms with Crippen LogP contribution in [0, 0.1) is 5.92 Å². The molecule has 0 spiro atoms. The molecule has 0 fully saturated rings. The van der Waals surface area contributed by atoms with E-state index in [1.54, 1.807) is 24.3 Å². The third-order valence-corrected chi connectivity index (χ3v) is 6.09. The molecular weight excluding hydrogens is 414 g/mol. The van der Waals surface area contributed by atoms with Crippen LogP contribution >= 0.6 is 11.6 Å². The van der Waals surface area contributed by atoms with Crippen LogP contribution in [-0.2, 0) is 20.7 Å². The molecule has 31 heavy (non-hydrogen) atoms. The number of halogens is 1. The minimum Gasteiger partial charge on any atom is -0.481 e. The first-order chi connectivity index (χ1) is 15.0. The Hall–Kier alpha value is -3.15. The van der Waals surface area contributed by atoms with Crippen LogP contribution in [0.4, 0.5) is 0 Å². The molecule has 0 saturated heterocycles. The minimum absolute atomic E-state index is 0.0510. The molecule has 158 valence electrons. The maximum absolute atomic E-state index is 12.8. The zero-order valence-corrected chi connectivity index (χ0v) is 17.5. The van der Waals surface area contributed by atoms with Gasteiger partial charge in [0.25, 0.3) is 0 Å². The fraction of sp³-hybridized carbons (Fsp3) is 0.200. The lowest BCUT2D eigenvalue weighted by molar-refractivity contribution is -0.159. The van der Waals surface area contributed by atoms with Crippen LogP contribution in [0.15, 0.2) is 72.8 Å². The van der Waals surface area contributed by atoms with Crippen molar-refractivity contribution in [3.63, 3.8) is 0 Å².